The first kappa shape index (κ1) is 14.9. The molecule has 0 saturated heterocycles. The summed E-state index contributed by atoms with van der Waals surface area (Å²) in [5.74, 6) is 1.19. The molecule has 0 radical (unpaired) electrons. The predicted molar refractivity (Wildman–Crippen MR) is 80.8 cm³/mol. The number of ether oxygens (including phenoxy) is 1. The normalized spacial score (nSPS) is 15.7. The van der Waals surface area contributed by atoms with Gasteiger partial charge in [0, 0.05) is 32.7 Å². The lowest BCUT2D eigenvalue weighted by Gasteiger charge is -2.29. The maximum absolute atomic E-state index is 5.85. The van der Waals surface area contributed by atoms with Crippen molar-refractivity contribution in [1.82, 2.24) is 9.97 Å². The van der Waals surface area contributed by atoms with E-state index < -0.39 is 0 Å². The van der Waals surface area contributed by atoms with Gasteiger partial charge in [0.1, 0.15) is 5.82 Å². The smallest absolute Gasteiger partial charge is 0.131 e. The molecular formula is C15H24N4O. The van der Waals surface area contributed by atoms with Gasteiger partial charge in [0.05, 0.1) is 24.2 Å². The van der Waals surface area contributed by atoms with Gasteiger partial charge in [-0.15, -0.1) is 0 Å². The van der Waals surface area contributed by atoms with Crippen molar-refractivity contribution in [2.24, 2.45) is 5.73 Å². The summed E-state index contributed by atoms with van der Waals surface area (Å²) in [5, 5.41) is 0. The third-order valence-electron chi connectivity index (χ3n) is 3.55. The van der Waals surface area contributed by atoms with Gasteiger partial charge >= 0.3 is 0 Å². The average molecular weight is 276 g/mol. The van der Waals surface area contributed by atoms with E-state index in [-0.39, 0.29) is 0 Å². The van der Waals surface area contributed by atoms with E-state index in [1.165, 1.54) is 5.57 Å². The highest BCUT2D eigenvalue weighted by Gasteiger charge is 2.17. The molecule has 20 heavy (non-hydrogen) atoms. The number of methoxy groups -OCH3 is 1. The first-order chi connectivity index (χ1) is 9.65. The van der Waals surface area contributed by atoms with E-state index in [1.54, 1.807) is 7.11 Å². The Morgan fingerprint density at radius 2 is 2.25 bits per heavy atom. The molecule has 0 atom stereocenters. The van der Waals surface area contributed by atoms with Crippen molar-refractivity contribution in [2.75, 3.05) is 31.7 Å². The maximum atomic E-state index is 5.85. The Hall–Kier alpha value is -1.46. The van der Waals surface area contributed by atoms with E-state index in [0.29, 0.717) is 12.5 Å². The lowest BCUT2D eigenvalue weighted by molar-refractivity contribution is 0.222. The first-order valence-electron chi connectivity index (χ1n) is 7.13. The van der Waals surface area contributed by atoms with Gasteiger partial charge in [-0.05, 0) is 12.0 Å². The highest BCUT2D eigenvalue weighted by Crippen LogP contribution is 2.23. The minimum Gasteiger partial charge on any atom is -0.380 e. The van der Waals surface area contributed by atoms with E-state index in [0.717, 1.165) is 43.3 Å². The molecule has 1 aliphatic heterocycles. The second-order valence-electron chi connectivity index (χ2n) is 5.41. The molecule has 2 N–H and O–H groups in total. The Labute approximate surface area is 120 Å². The van der Waals surface area contributed by atoms with Crippen molar-refractivity contribution in [3.8, 4) is 0 Å². The van der Waals surface area contributed by atoms with Crippen LogP contribution >= 0.6 is 0 Å². The fraction of sp³-hybridized carbons (Fsp3) is 0.600. The van der Waals surface area contributed by atoms with Crippen LogP contribution in [-0.4, -0.2) is 36.8 Å². The van der Waals surface area contributed by atoms with E-state index in [2.05, 4.69) is 34.8 Å². The molecule has 0 spiro atoms. The highest BCUT2D eigenvalue weighted by molar-refractivity contribution is 5.51. The summed E-state index contributed by atoms with van der Waals surface area (Å²) >= 11 is 0. The lowest BCUT2D eigenvalue weighted by atomic mass is 10.1. The second kappa shape index (κ2) is 6.81. The maximum Gasteiger partial charge on any atom is 0.131 e. The van der Waals surface area contributed by atoms with E-state index in [1.807, 2.05) is 6.20 Å². The molecule has 0 aliphatic carbocycles. The van der Waals surface area contributed by atoms with Crippen molar-refractivity contribution < 1.29 is 4.74 Å². The molecule has 0 saturated carbocycles. The molecule has 5 heteroatoms. The summed E-state index contributed by atoms with van der Waals surface area (Å²) in [7, 11) is 1.73. The third kappa shape index (κ3) is 3.35. The SMILES string of the molecule is COCC1=CCN(c2cnc(C(C)C)nc2CN)CC1. The molecular weight excluding hydrogens is 252 g/mol. The second-order valence-corrected chi connectivity index (χ2v) is 5.41. The molecule has 2 heterocycles. The number of aromatic nitrogens is 2. The topological polar surface area (TPSA) is 64.3 Å². The molecule has 1 aromatic heterocycles. The average Bonchev–Trinajstić information content (AvgIpc) is 2.47. The van der Waals surface area contributed by atoms with Gasteiger partial charge in [0.2, 0.25) is 0 Å². The van der Waals surface area contributed by atoms with Gasteiger partial charge in [-0.3, -0.25) is 0 Å². The zero-order valence-electron chi connectivity index (χ0n) is 12.6. The van der Waals surface area contributed by atoms with Crippen LogP contribution in [0.2, 0.25) is 0 Å². The Morgan fingerprint density at radius 3 is 2.80 bits per heavy atom. The zero-order chi connectivity index (χ0) is 14.5. The van der Waals surface area contributed by atoms with E-state index >= 15 is 0 Å². The molecule has 0 aromatic carbocycles. The summed E-state index contributed by atoms with van der Waals surface area (Å²) in [5.41, 5.74) is 9.21. The molecule has 1 aromatic rings. The number of nitrogens with zero attached hydrogens (tertiary/aromatic N) is 3. The van der Waals surface area contributed by atoms with Crippen LogP contribution in [0.25, 0.3) is 0 Å². The Balaban J connectivity index is 2.17. The summed E-state index contributed by atoms with van der Waals surface area (Å²) in [6.45, 7) is 7.19. The van der Waals surface area contributed by atoms with E-state index in [9.17, 15) is 0 Å². The minimum absolute atomic E-state index is 0.323. The van der Waals surface area contributed by atoms with Crippen LogP contribution in [0, 0.1) is 0 Å². The van der Waals surface area contributed by atoms with Crippen molar-refractivity contribution in [2.45, 2.75) is 32.7 Å². The quantitative estimate of drug-likeness (QED) is 0.831. The monoisotopic (exact) mass is 276 g/mol. The van der Waals surface area contributed by atoms with Gasteiger partial charge in [-0.2, -0.15) is 0 Å². The van der Waals surface area contributed by atoms with Crippen LogP contribution in [0.1, 0.15) is 37.7 Å². The molecule has 2 rings (SSSR count). The van der Waals surface area contributed by atoms with Crippen LogP contribution in [0.4, 0.5) is 5.69 Å². The molecule has 0 bridgehead atoms. The molecule has 5 nitrogen and oxygen atoms in total. The van der Waals surface area contributed by atoms with E-state index in [4.69, 9.17) is 10.5 Å². The van der Waals surface area contributed by atoms with Crippen molar-refractivity contribution >= 4 is 5.69 Å². The minimum atomic E-state index is 0.323. The van der Waals surface area contributed by atoms with Crippen molar-refractivity contribution in [3.05, 3.63) is 29.4 Å². The highest BCUT2D eigenvalue weighted by atomic mass is 16.5. The van der Waals surface area contributed by atoms with Gasteiger partial charge in [-0.25, -0.2) is 9.97 Å². The summed E-state index contributed by atoms with van der Waals surface area (Å²) in [4.78, 5) is 11.3. The number of anilines is 1. The van der Waals surface area contributed by atoms with Gasteiger partial charge in [0.25, 0.3) is 0 Å². The molecule has 110 valence electrons. The first-order valence-corrected chi connectivity index (χ1v) is 7.13. The van der Waals surface area contributed by atoms with Crippen LogP contribution < -0.4 is 10.6 Å². The standard InChI is InChI=1S/C15H24N4O/c1-11(2)15-17-9-14(13(8-16)18-15)19-6-4-12(5-7-19)10-20-3/h4,9,11H,5-8,10,16H2,1-3H3. The Morgan fingerprint density at radius 1 is 1.45 bits per heavy atom. The van der Waals surface area contributed by atoms with Crippen molar-refractivity contribution in [1.29, 1.82) is 0 Å². The van der Waals surface area contributed by atoms with Gasteiger partial charge in [0.15, 0.2) is 0 Å². The van der Waals surface area contributed by atoms with Gasteiger partial charge in [-0.1, -0.05) is 19.9 Å². The summed E-state index contributed by atoms with van der Waals surface area (Å²) in [6.07, 6.45) is 5.16. The predicted octanol–water partition coefficient (Wildman–Crippen LogP) is 1.84. The number of hydrogen-bond donors (Lipinski definition) is 1. The molecule has 0 unspecified atom stereocenters. The number of hydrogen-bond acceptors (Lipinski definition) is 5. The van der Waals surface area contributed by atoms with Crippen molar-refractivity contribution in [3.63, 3.8) is 0 Å². The fourth-order valence-electron chi connectivity index (χ4n) is 2.37. The fourth-order valence-corrected chi connectivity index (χ4v) is 2.37. The molecule has 1 aliphatic rings. The Bertz CT molecular complexity index is 485. The number of rotatable bonds is 5. The zero-order valence-corrected chi connectivity index (χ0v) is 12.6. The lowest BCUT2D eigenvalue weighted by Crippen LogP contribution is -2.31. The number of nitrogens with two attached hydrogens (primary N) is 1. The summed E-state index contributed by atoms with van der Waals surface area (Å²) in [6, 6.07) is 0. The molecule has 0 fully saturated rings. The summed E-state index contributed by atoms with van der Waals surface area (Å²) < 4.78 is 5.18. The van der Waals surface area contributed by atoms with Crippen LogP contribution in [-0.2, 0) is 11.3 Å². The largest absolute Gasteiger partial charge is 0.380 e. The van der Waals surface area contributed by atoms with Crippen LogP contribution in [0.15, 0.2) is 17.8 Å². The van der Waals surface area contributed by atoms with Crippen LogP contribution in [0.3, 0.4) is 0 Å². The third-order valence-corrected chi connectivity index (χ3v) is 3.55. The Kier molecular flexibility index (Phi) is 5.09. The van der Waals surface area contributed by atoms with Gasteiger partial charge < -0.3 is 15.4 Å². The molecule has 0 amide bonds. The van der Waals surface area contributed by atoms with Crippen LogP contribution in [0.5, 0.6) is 0 Å².